The molecular weight excluding hydrogens is 217 g/mol. The van der Waals surface area contributed by atoms with Crippen LogP contribution < -0.4 is 5.32 Å². The van der Waals surface area contributed by atoms with E-state index in [0.29, 0.717) is 0 Å². The minimum Gasteiger partial charge on any atom is -0.380 e. The Hall–Kier alpha value is -0.930. The highest BCUT2D eigenvalue weighted by Crippen LogP contribution is 2.13. The molecule has 0 saturated carbocycles. The molecule has 1 aromatic carbocycles. The van der Waals surface area contributed by atoms with Crippen LogP contribution in [0.1, 0.15) is 25.3 Å². The van der Waals surface area contributed by atoms with E-state index in [1.165, 1.54) is 6.07 Å². The highest BCUT2D eigenvalue weighted by atomic mass is 19.1. The molecule has 0 aliphatic carbocycles. The summed E-state index contributed by atoms with van der Waals surface area (Å²) in [7, 11) is 3.65. The van der Waals surface area contributed by atoms with E-state index in [1.807, 2.05) is 13.1 Å². The Kier molecular flexibility index (Phi) is 6.16. The van der Waals surface area contributed by atoms with Crippen LogP contribution in [0.15, 0.2) is 24.3 Å². The monoisotopic (exact) mass is 239 g/mol. The Morgan fingerprint density at radius 1 is 1.41 bits per heavy atom. The van der Waals surface area contributed by atoms with E-state index in [4.69, 9.17) is 4.74 Å². The lowest BCUT2D eigenvalue weighted by molar-refractivity contribution is 0.0633. The highest BCUT2D eigenvalue weighted by Gasteiger charge is 2.19. The van der Waals surface area contributed by atoms with E-state index in [9.17, 15) is 4.39 Å². The molecule has 1 rings (SSSR count). The van der Waals surface area contributed by atoms with Gasteiger partial charge in [0.1, 0.15) is 5.82 Å². The molecule has 3 heteroatoms. The number of benzene rings is 1. The van der Waals surface area contributed by atoms with Crippen LogP contribution in [0.4, 0.5) is 4.39 Å². The first kappa shape index (κ1) is 14.1. The fourth-order valence-electron chi connectivity index (χ4n) is 2.11. The molecule has 0 fully saturated rings. The molecule has 1 aromatic rings. The van der Waals surface area contributed by atoms with Crippen molar-refractivity contribution in [1.29, 1.82) is 0 Å². The third-order valence-electron chi connectivity index (χ3n) is 3.04. The molecule has 1 N–H and O–H groups in total. The van der Waals surface area contributed by atoms with E-state index in [2.05, 4.69) is 12.2 Å². The maximum absolute atomic E-state index is 13.1. The first-order valence-corrected chi connectivity index (χ1v) is 6.15. The topological polar surface area (TPSA) is 21.3 Å². The molecule has 0 saturated heterocycles. The van der Waals surface area contributed by atoms with Gasteiger partial charge in [-0.25, -0.2) is 4.39 Å². The number of hydrogen-bond donors (Lipinski definition) is 1. The minimum atomic E-state index is -0.179. The number of likely N-dealkylation sites (N-methyl/N-ethyl adjacent to an activating group) is 1. The number of nitrogens with one attached hydrogen (secondary N) is 1. The molecule has 0 amide bonds. The van der Waals surface area contributed by atoms with Gasteiger partial charge in [0, 0.05) is 13.2 Å². The van der Waals surface area contributed by atoms with Crippen molar-refractivity contribution in [3.8, 4) is 0 Å². The van der Waals surface area contributed by atoms with Gasteiger partial charge in [0.25, 0.3) is 0 Å². The smallest absolute Gasteiger partial charge is 0.123 e. The van der Waals surface area contributed by atoms with Crippen molar-refractivity contribution >= 4 is 0 Å². The van der Waals surface area contributed by atoms with Crippen LogP contribution in [0.2, 0.25) is 0 Å². The van der Waals surface area contributed by atoms with Crippen molar-refractivity contribution in [2.24, 2.45) is 0 Å². The molecule has 2 nitrogen and oxygen atoms in total. The average molecular weight is 239 g/mol. The summed E-state index contributed by atoms with van der Waals surface area (Å²) in [4.78, 5) is 0. The third-order valence-corrected chi connectivity index (χ3v) is 3.04. The first-order valence-electron chi connectivity index (χ1n) is 6.15. The zero-order chi connectivity index (χ0) is 12.7. The molecule has 2 atom stereocenters. The molecule has 0 bridgehead atoms. The molecular formula is C14H22FNO. The third kappa shape index (κ3) is 4.44. The zero-order valence-electron chi connectivity index (χ0n) is 10.9. The van der Waals surface area contributed by atoms with Crippen molar-refractivity contribution in [2.45, 2.75) is 38.3 Å². The summed E-state index contributed by atoms with van der Waals surface area (Å²) >= 11 is 0. The molecule has 0 heterocycles. The van der Waals surface area contributed by atoms with Crippen molar-refractivity contribution in [3.05, 3.63) is 35.6 Å². The predicted octanol–water partition coefficient (Wildman–Crippen LogP) is 2.77. The summed E-state index contributed by atoms with van der Waals surface area (Å²) in [5.74, 6) is -0.179. The highest BCUT2D eigenvalue weighted by molar-refractivity contribution is 5.17. The Morgan fingerprint density at radius 3 is 2.71 bits per heavy atom. The van der Waals surface area contributed by atoms with E-state index in [0.717, 1.165) is 24.8 Å². The van der Waals surface area contributed by atoms with Crippen LogP contribution in [0.5, 0.6) is 0 Å². The van der Waals surface area contributed by atoms with Crippen molar-refractivity contribution in [1.82, 2.24) is 5.32 Å². The van der Waals surface area contributed by atoms with Gasteiger partial charge in [-0.2, -0.15) is 0 Å². The van der Waals surface area contributed by atoms with Crippen molar-refractivity contribution in [2.75, 3.05) is 14.2 Å². The van der Waals surface area contributed by atoms with Crippen LogP contribution in [0, 0.1) is 5.82 Å². The van der Waals surface area contributed by atoms with Crippen LogP contribution in [0.25, 0.3) is 0 Å². The van der Waals surface area contributed by atoms with E-state index < -0.39 is 0 Å². The van der Waals surface area contributed by atoms with Crippen LogP contribution in [0.3, 0.4) is 0 Å². The van der Waals surface area contributed by atoms with Gasteiger partial charge >= 0.3 is 0 Å². The lowest BCUT2D eigenvalue weighted by atomic mass is 9.98. The van der Waals surface area contributed by atoms with Gasteiger partial charge in [-0.1, -0.05) is 25.5 Å². The van der Waals surface area contributed by atoms with Crippen LogP contribution in [-0.4, -0.2) is 26.3 Å². The predicted molar refractivity (Wildman–Crippen MR) is 68.7 cm³/mol. The number of hydrogen-bond acceptors (Lipinski definition) is 2. The van der Waals surface area contributed by atoms with E-state index in [-0.39, 0.29) is 18.0 Å². The molecule has 0 aromatic heterocycles. The van der Waals surface area contributed by atoms with Gasteiger partial charge in [0.2, 0.25) is 0 Å². The minimum absolute atomic E-state index is 0.174. The average Bonchev–Trinajstić information content (AvgIpc) is 2.33. The van der Waals surface area contributed by atoms with Gasteiger partial charge in [-0.15, -0.1) is 0 Å². The largest absolute Gasteiger partial charge is 0.380 e. The normalized spacial score (nSPS) is 14.6. The molecule has 17 heavy (non-hydrogen) atoms. The fourth-order valence-corrected chi connectivity index (χ4v) is 2.11. The second-order valence-corrected chi connectivity index (χ2v) is 4.29. The van der Waals surface area contributed by atoms with E-state index in [1.54, 1.807) is 19.2 Å². The standard InChI is InChI=1S/C14H22FNO/c1-4-6-14(17-3)13(16-2)10-11-7-5-8-12(15)9-11/h5,7-9,13-14,16H,4,6,10H2,1-3H3. The molecule has 0 radical (unpaired) electrons. The summed E-state index contributed by atoms with van der Waals surface area (Å²) in [6.07, 6.45) is 3.05. The lowest BCUT2D eigenvalue weighted by Crippen LogP contribution is -2.40. The Labute approximate surface area is 103 Å². The Bertz CT molecular complexity index is 330. The molecule has 0 aliphatic rings. The molecule has 0 aliphatic heterocycles. The quantitative estimate of drug-likeness (QED) is 0.790. The fraction of sp³-hybridized carbons (Fsp3) is 0.571. The van der Waals surface area contributed by atoms with Gasteiger partial charge < -0.3 is 10.1 Å². The van der Waals surface area contributed by atoms with Crippen molar-refractivity contribution in [3.63, 3.8) is 0 Å². The van der Waals surface area contributed by atoms with Gasteiger partial charge in [0.05, 0.1) is 6.10 Å². The van der Waals surface area contributed by atoms with Gasteiger partial charge in [-0.3, -0.25) is 0 Å². The first-order chi connectivity index (χ1) is 8.21. The second-order valence-electron chi connectivity index (χ2n) is 4.29. The van der Waals surface area contributed by atoms with Gasteiger partial charge in [-0.05, 0) is 37.6 Å². The summed E-state index contributed by atoms with van der Waals surface area (Å²) in [6.45, 7) is 2.14. The van der Waals surface area contributed by atoms with E-state index >= 15 is 0 Å². The molecule has 0 spiro atoms. The number of rotatable bonds is 7. The number of methoxy groups -OCH3 is 1. The molecule has 2 unspecified atom stereocenters. The molecule has 96 valence electrons. The van der Waals surface area contributed by atoms with Crippen LogP contribution in [-0.2, 0) is 11.2 Å². The Morgan fingerprint density at radius 2 is 2.18 bits per heavy atom. The lowest BCUT2D eigenvalue weighted by Gasteiger charge is -2.25. The number of halogens is 1. The maximum Gasteiger partial charge on any atom is 0.123 e. The van der Waals surface area contributed by atoms with Crippen molar-refractivity contribution < 1.29 is 9.13 Å². The maximum atomic E-state index is 13.1. The van der Waals surface area contributed by atoms with Crippen LogP contribution >= 0.6 is 0 Å². The van der Waals surface area contributed by atoms with Gasteiger partial charge in [0.15, 0.2) is 0 Å². The summed E-state index contributed by atoms with van der Waals surface area (Å²) in [5.41, 5.74) is 1.00. The number of ether oxygens (including phenoxy) is 1. The second kappa shape index (κ2) is 7.41. The summed E-state index contributed by atoms with van der Waals surface area (Å²) < 4.78 is 18.6. The zero-order valence-corrected chi connectivity index (χ0v) is 10.9. The summed E-state index contributed by atoms with van der Waals surface area (Å²) in [6, 6.07) is 6.98. The summed E-state index contributed by atoms with van der Waals surface area (Å²) in [5, 5.41) is 3.26. The Balaban J connectivity index is 2.68. The SMILES string of the molecule is CCCC(OC)C(Cc1cccc(F)c1)NC.